The molecule has 0 saturated carbocycles. The van der Waals surface area contributed by atoms with Crippen molar-refractivity contribution in [2.24, 2.45) is 11.7 Å². The lowest BCUT2D eigenvalue weighted by Crippen LogP contribution is -2.28. The van der Waals surface area contributed by atoms with Crippen LogP contribution in [0, 0.1) is 5.92 Å². The van der Waals surface area contributed by atoms with Crippen LogP contribution in [0.1, 0.15) is 11.5 Å². The molecular formula is C13H18N2O3. The maximum Gasteiger partial charge on any atom is 0.222 e. The normalized spacial score (nSPS) is 22.8. The van der Waals surface area contributed by atoms with Crippen LogP contribution in [-0.2, 0) is 4.79 Å². The van der Waals surface area contributed by atoms with Crippen molar-refractivity contribution in [2.45, 2.75) is 5.92 Å². The van der Waals surface area contributed by atoms with E-state index in [2.05, 4.69) is 5.32 Å². The summed E-state index contributed by atoms with van der Waals surface area (Å²) in [4.78, 5) is 11.4. The van der Waals surface area contributed by atoms with Gasteiger partial charge in [0.2, 0.25) is 5.91 Å². The number of carbonyl (C=O) groups is 1. The van der Waals surface area contributed by atoms with E-state index in [1.165, 1.54) is 0 Å². The Morgan fingerprint density at radius 1 is 1.22 bits per heavy atom. The highest BCUT2D eigenvalue weighted by molar-refractivity contribution is 5.78. The number of ether oxygens (including phenoxy) is 2. The number of benzene rings is 1. The molecule has 98 valence electrons. The zero-order chi connectivity index (χ0) is 13.1. The van der Waals surface area contributed by atoms with E-state index >= 15 is 0 Å². The largest absolute Gasteiger partial charge is 0.497 e. The first-order valence-electron chi connectivity index (χ1n) is 5.88. The van der Waals surface area contributed by atoms with Crippen molar-refractivity contribution in [1.82, 2.24) is 5.32 Å². The predicted octanol–water partition coefficient (Wildman–Crippen LogP) is 0.492. The summed E-state index contributed by atoms with van der Waals surface area (Å²) in [5.74, 6) is 1.07. The van der Waals surface area contributed by atoms with Crippen LogP contribution >= 0.6 is 0 Å². The Labute approximate surface area is 106 Å². The fourth-order valence-corrected chi connectivity index (χ4v) is 2.37. The van der Waals surface area contributed by atoms with Gasteiger partial charge in [-0.05, 0) is 17.7 Å². The van der Waals surface area contributed by atoms with Gasteiger partial charge in [-0.3, -0.25) is 4.79 Å². The van der Waals surface area contributed by atoms with Gasteiger partial charge >= 0.3 is 0 Å². The summed E-state index contributed by atoms with van der Waals surface area (Å²) >= 11 is 0. The fourth-order valence-electron chi connectivity index (χ4n) is 2.37. The first-order valence-corrected chi connectivity index (χ1v) is 5.88. The highest BCUT2D eigenvalue weighted by atomic mass is 16.5. The van der Waals surface area contributed by atoms with Gasteiger partial charge in [0.15, 0.2) is 0 Å². The minimum atomic E-state index is -0.271. The topological polar surface area (TPSA) is 73.6 Å². The minimum Gasteiger partial charge on any atom is -0.497 e. The zero-order valence-electron chi connectivity index (χ0n) is 10.6. The lowest BCUT2D eigenvalue weighted by molar-refractivity contribution is -0.121. The van der Waals surface area contributed by atoms with Crippen molar-refractivity contribution in [3.05, 3.63) is 23.8 Å². The van der Waals surface area contributed by atoms with Gasteiger partial charge in [-0.1, -0.05) is 0 Å². The molecule has 1 heterocycles. The van der Waals surface area contributed by atoms with E-state index in [1.54, 1.807) is 14.2 Å². The first kappa shape index (κ1) is 12.7. The highest BCUT2D eigenvalue weighted by Crippen LogP contribution is 2.33. The molecular weight excluding hydrogens is 232 g/mol. The second-order valence-electron chi connectivity index (χ2n) is 4.42. The molecule has 1 aliphatic rings. The number of hydrogen-bond donors (Lipinski definition) is 2. The number of nitrogens with two attached hydrogens (primary N) is 1. The molecule has 2 atom stereocenters. The number of amides is 1. The molecule has 5 nitrogen and oxygen atoms in total. The molecule has 2 rings (SSSR count). The van der Waals surface area contributed by atoms with E-state index in [-0.39, 0.29) is 17.7 Å². The molecule has 0 radical (unpaired) electrons. The molecule has 1 amide bonds. The number of methoxy groups -OCH3 is 2. The monoisotopic (exact) mass is 250 g/mol. The van der Waals surface area contributed by atoms with Gasteiger partial charge in [-0.25, -0.2) is 0 Å². The lowest BCUT2D eigenvalue weighted by atomic mass is 9.88. The molecule has 0 aliphatic carbocycles. The van der Waals surface area contributed by atoms with Gasteiger partial charge < -0.3 is 20.5 Å². The molecule has 1 fully saturated rings. The third kappa shape index (κ3) is 2.41. The van der Waals surface area contributed by atoms with E-state index in [1.807, 2.05) is 18.2 Å². The van der Waals surface area contributed by atoms with Crippen LogP contribution in [0.5, 0.6) is 11.5 Å². The average molecular weight is 250 g/mol. The van der Waals surface area contributed by atoms with Crippen LogP contribution in [0.25, 0.3) is 0 Å². The van der Waals surface area contributed by atoms with Crippen molar-refractivity contribution < 1.29 is 14.3 Å². The van der Waals surface area contributed by atoms with Crippen LogP contribution in [0.2, 0.25) is 0 Å². The summed E-state index contributed by atoms with van der Waals surface area (Å²) in [5, 5.41) is 3.19. The van der Waals surface area contributed by atoms with Gasteiger partial charge in [-0.2, -0.15) is 0 Å². The first-order chi connectivity index (χ1) is 8.65. The number of nitrogens with one attached hydrogen (secondary N) is 1. The van der Waals surface area contributed by atoms with Gasteiger partial charge in [0.1, 0.15) is 11.5 Å². The molecule has 18 heavy (non-hydrogen) atoms. The maximum absolute atomic E-state index is 11.4. The van der Waals surface area contributed by atoms with Gasteiger partial charge in [-0.15, -0.1) is 0 Å². The Morgan fingerprint density at radius 2 is 1.83 bits per heavy atom. The molecule has 5 heteroatoms. The smallest absolute Gasteiger partial charge is 0.222 e. The van der Waals surface area contributed by atoms with Crippen LogP contribution in [-0.4, -0.2) is 33.2 Å². The molecule has 0 bridgehead atoms. The summed E-state index contributed by atoms with van der Waals surface area (Å²) in [7, 11) is 3.22. The third-order valence-corrected chi connectivity index (χ3v) is 3.38. The SMILES string of the molecule is COc1cc(OC)cc(C2CNCC2C(N)=O)c1. The predicted molar refractivity (Wildman–Crippen MR) is 67.8 cm³/mol. The van der Waals surface area contributed by atoms with Crippen molar-refractivity contribution in [3.63, 3.8) is 0 Å². The number of rotatable bonds is 4. The van der Waals surface area contributed by atoms with E-state index in [9.17, 15) is 4.79 Å². The van der Waals surface area contributed by atoms with Crippen LogP contribution in [0.4, 0.5) is 0 Å². The van der Waals surface area contributed by atoms with Crippen LogP contribution < -0.4 is 20.5 Å². The molecule has 2 unspecified atom stereocenters. The maximum atomic E-state index is 11.4. The van der Waals surface area contributed by atoms with Gasteiger partial charge in [0, 0.05) is 25.1 Å². The molecule has 0 aromatic heterocycles. The lowest BCUT2D eigenvalue weighted by Gasteiger charge is -2.17. The Balaban J connectivity index is 2.34. The highest BCUT2D eigenvalue weighted by Gasteiger charge is 2.33. The van der Waals surface area contributed by atoms with Gasteiger partial charge in [0.05, 0.1) is 20.1 Å². The van der Waals surface area contributed by atoms with Crippen LogP contribution in [0.15, 0.2) is 18.2 Å². The van der Waals surface area contributed by atoms with Crippen LogP contribution in [0.3, 0.4) is 0 Å². The number of hydrogen-bond acceptors (Lipinski definition) is 4. The molecule has 3 N–H and O–H groups in total. The second-order valence-corrected chi connectivity index (χ2v) is 4.42. The van der Waals surface area contributed by atoms with E-state index in [0.717, 1.165) is 23.6 Å². The molecule has 1 saturated heterocycles. The third-order valence-electron chi connectivity index (χ3n) is 3.38. The molecule has 1 aliphatic heterocycles. The quantitative estimate of drug-likeness (QED) is 0.815. The Bertz CT molecular complexity index is 426. The summed E-state index contributed by atoms with van der Waals surface area (Å²) in [5.41, 5.74) is 6.44. The van der Waals surface area contributed by atoms with Crippen molar-refractivity contribution in [3.8, 4) is 11.5 Å². The Hall–Kier alpha value is -1.75. The van der Waals surface area contributed by atoms with Gasteiger partial charge in [0.25, 0.3) is 0 Å². The van der Waals surface area contributed by atoms with E-state index in [0.29, 0.717) is 6.54 Å². The Kier molecular flexibility index (Phi) is 3.72. The zero-order valence-corrected chi connectivity index (χ0v) is 10.6. The standard InChI is InChI=1S/C13H18N2O3/c1-17-9-3-8(4-10(5-9)18-2)11-6-15-7-12(11)13(14)16/h3-5,11-12,15H,6-7H2,1-2H3,(H2,14,16). The van der Waals surface area contributed by atoms with Crippen molar-refractivity contribution in [2.75, 3.05) is 27.3 Å². The number of carbonyl (C=O) groups excluding carboxylic acids is 1. The van der Waals surface area contributed by atoms with Crippen molar-refractivity contribution >= 4 is 5.91 Å². The second kappa shape index (κ2) is 5.27. The minimum absolute atomic E-state index is 0.0755. The Morgan fingerprint density at radius 3 is 2.33 bits per heavy atom. The summed E-state index contributed by atoms with van der Waals surface area (Å²) in [6.45, 7) is 1.36. The average Bonchev–Trinajstić information content (AvgIpc) is 2.87. The van der Waals surface area contributed by atoms with Crippen molar-refractivity contribution in [1.29, 1.82) is 0 Å². The summed E-state index contributed by atoms with van der Waals surface area (Å²) in [6, 6.07) is 5.66. The molecule has 0 spiro atoms. The number of primary amides is 1. The van der Waals surface area contributed by atoms with E-state index in [4.69, 9.17) is 15.2 Å². The molecule has 1 aromatic rings. The summed E-state index contributed by atoms with van der Waals surface area (Å²) in [6.07, 6.45) is 0. The molecule has 1 aromatic carbocycles. The van der Waals surface area contributed by atoms with E-state index < -0.39 is 0 Å². The summed E-state index contributed by atoms with van der Waals surface area (Å²) < 4.78 is 10.5. The fraction of sp³-hybridized carbons (Fsp3) is 0.462.